The van der Waals surface area contributed by atoms with Crippen molar-refractivity contribution in [3.8, 4) is 0 Å². The van der Waals surface area contributed by atoms with Crippen LogP contribution in [0.3, 0.4) is 0 Å². The summed E-state index contributed by atoms with van der Waals surface area (Å²) in [7, 11) is 0. The summed E-state index contributed by atoms with van der Waals surface area (Å²) in [6.45, 7) is 0. The minimum atomic E-state index is -0.633. The predicted octanol–water partition coefficient (Wildman–Crippen LogP) is 2.71. The van der Waals surface area contributed by atoms with E-state index in [9.17, 15) is 9.18 Å². The van der Waals surface area contributed by atoms with Gasteiger partial charge in [-0.2, -0.15) is 0 Å². The molecule has 0 unspecified atom stereocenters. The van der Waals surface area contributed by atoms with Gasteiger partial charge < -0.3 is 11.1 Å². The van der Waals surface area contributed by atoms with E-state index < -0.39 is 11.7 Å². The summed E-state index contributed by atoms with van der Waals surface area (Å²) in [5.74, 6) is -0.846. The third kappa shape index (κ3) is 2.57. The molecular formula is C12H9ClFN3O. The third-order valence-electron chi connectivity index (χ3n) is 2.27. The van der Waals surface area contributed by atoms with Crippen LogP contribution in [0.2, 0.25) is 5.02 Å². The van der Waals surface area contributed by atoms with Gasteiger partial charge in [-0.05, 0) is 24.3 Å². The van der Waals surface area contributed by atoms with E-state index in [-0.39, 0.29) is 11.3 Å². The summed E-state index contributed by atoms with van der Waals surface area (Å²) in [6.07, 6.45) is 1.39. The SMILES string of the molecule is Nc1c(F)cccc1C(=O)Nc1ccc(Cl)cn1. The number of carbonyl (C=O) groups is 1. The van der Waals surface area contributed by atoms with E-state index in [4.69, 9.17) is 17.3 Å². The Kier molecular flexibility index (Phi) is 3.43. The van der Waals surface area contributed by atoms with Crippen molar-refractivity contribution in [2.45, 2.75) is 0 Å². The van der Waals surface area contributed by atoms with Crippen molar-refractivity contribution in [2.24, 2.45) is 0 Å². The molecule has 0 aliphatic rings. The van der Waals surface area contributed by atoms with Crippen LogP contribution in [0.5, 0.6) is 0 Å². The fourth-order valence-electron chi connectivity index (χ4n) is 1.37. The molecule has 1 aromatic heterocycles. The van der Waals surface area contributed by atoms with Gasteiger partial charge in [-0.3, -0.25) is 4.79 Å². The number of para-hydroxylation sites is 1. The van der Waals surface area contributed by atoms with Gasteiger partial charge in [-0.1, -0.05) is 17.7 Å². The molecule has 0 spiro atoms. The van der Waals surface area contributed by atoms with Crippen molar-refractivity contribution in [3.05, 3.63) is 52.9 Å². The fourth-order valence-corrected chi connectivity index (χ4v) is 1.48. The average Bonchev–Trinajstić information content (AvgIpc) is 2.35. The van der Waals surface area contributed by atoms with Crippen LogP contribution in [0.25, 0.3) is 0 Å². The first-order valence-electron chi connectivity index (χ1n) is 5.05. The van der Waals surface area contributed by atoms with Crippen molar-refractivity contribution in [3.63, 3.8) is 0 Å². The maximum atomic E-state index is 13.2. The number of anilines is 2. The Morgan fingerprint density at radius 3 is 2.78 bits per heavy atom. The fraction of sp³-hybridized carbons (Fsp3) is 0. The van der Waals surface area contributed by atoms with Gasteiger partial charge in [0.1, 0.15) is 11.6 Å². The van der Waals surface area contributed by atoms with Gasteiger partial charge in [0, 0.05) is 6.20 Å². The van der Waals surface area contributed by atoms with E-state index in [1.54, 1.807) is 6.07 Å². The Hall–Kier alpha value is -2.14. The number of rotatable bonds is 2. The van der Waals surface area contributed by atoms with Crippen LogP contribution < -0.4 is 11.1 Å². The molecule has 0 saturated carbocycles. The Morgan fingerprint density at radius 1 is 1.33 bits per heavy atom. The van der Waals surface area contributed by atoms with E-state index in [1.165, 1.54) is 30.5 Å². The first kappa shape index (κ1) is 12.3. The summed E-state index contributed by atoms with van der Waals surface area (Å²) in [4.78, 5) is 15.7. The van der Waals surface area contributed by atoms with Gasteiger partial charge in [-0.25, -0.2) is 9.37 Å². The first-order chi connectivity index (χ1) is 8.58. The molecule has 2 aromatic rings. The monoisotopic (exact) mass is 265 g/mol. The number of pyridine rings is 1. The Labute approximate surface area is 108 Å². The van der Waals surface area contributed by atoms with E-state index in [1.807, 2.05) is 0 Å². The van der Waals surface area contributed by atoms with Crippen molar-refractivity contribution < 1.29 is 9.18 Å². The highest BCUT2D eigenvalue weighted by molar-refractivity contribution is 6.30. The molecule has 18 heavy (non-hydrogen) atoms. The number of nitrogens with two attached hydrogens (primary N) is 1. The maximum absolute atomic E-state index is 13.2. The van der Waals surface area contributed by atoms with Crippen molar-refractivity contribution in [1.82, 2.24) is 4.98 Å². The molecular weight excluding hydrogens is 257 g/mol. The summed E-state index contributed by atoms with van der Waals surface area (Å²) >= 11 is 5.67. The molecule has 0 saturated heterocycles. The van der Waals surface area contributed by atoms with E-state index >= 15 is 0 Å². The molecule has 0 fully saturated rings. The lowest BCUT2D eigenvalue weighted by Crippen LogP contribution is -2.15. The lowest BCUT2D eigenvalue weighted by molar-refractivity contribution is 0.102. The highest BCUT2D eigenvalue weighted by Gasteiger charge is 2.12. The van der Waals surface area contributed by atoms with E-state index in [0.717, 1.165) is 0 Å². The molecule has 92 valence electrons. The first-order valence-corrected chi connectivity index (χ1v) is 5.42. The normalized spacial score (nSPS) is 10.1. The van der Waals surface area contributed by atoms with Gasteiger partial charge in [0.05, 0.1) is 16.3 Å². The van der Waals surface area contributed by atoms with Gasteiger partial charge in [-0.15, -0.1) is 0 Å². The molecule has 1 aromatic carbocycles. The highest BCUT2D eigenvalue weighted by Crippen LogP contribution is 2.17. The topological polar surface area (TPSA) is 68.0 Å². The quantitative estimate of drug-likeness (QED) is 0.821. The van der Waals surface area contributed by atoms with Crippen molar-refractivity contribution >= 4 is 29.0 Å². The van der Waals surface area contributed by atoms with Gasteiger partial charge in [0.2, 0.25) is 0 Å². The largest absolute Gasteiger partial charge is 0.396 e. The molecule has 0 aliphatic carbocycles. The number of hydrogen-bond donors (Lipinski definition) is 2. The number of nitrogens with one attached hydrogen (secondary N) is 1. The minimum absolute atomic E-state index is 0.0618. The summed E-state index contributed by atoms with van der Waals surface area (Å²) in [5, 5.41) is 2.95. The number of carbonyl (C=O) groups excluding carboxylic acids is 1. The standard InChI is InChI=1S/C12H9ClFN3O/c13-7-4-5-10(16-6-7)17-12(18)8-2-1-3-9(14)11(8)15/h1-6H,15H2,(H,16,17,18). The van der Waals surface area contributed by atoms with Crippen LogP contribution >= 0.6 is 11.6 Å². The number of nitrogens with zero attached hydrogens (tertiary/aromatic N) is 1. The van der Waals surface area contributed by atoms with E-state index in [0.29, 0.717) is 10.8 Å². The lowest BCUT2D eigenvalue weighted by atomic mass is 10.1. The van der Waals surface area contributed by atoms with E-state index in [2.05, 4.69) is 10.3 Å². The van der Waals surface area contributed by atoms with Crippen molar-refractivity contribution in [2.75, 3.05) is 11.1 Å². The Morgan fingerprint density at radius 2 is 2.11 bits per heavy atom. The van der Waals surface area contributed by atoms with Crippen LogP contribution in [0.15, 0.2) is 36.5 Å². The molecule has 0 radical (unpaired) electrons. The molecule has 2 rings (SSSR count). The van der Waals surface area contributed by atoms with Crippen LogP contribution in [-0.4, -0.2) is 10.9 Å². The predicted molar refractivity (Wildman–Crippen MR) is 68.0 cm³/mol. The zero-order valence-electron chi connectivity index (χ0n) is 9.15. The minimum Gasteiger partial charge on any atom is -0.396 e. The lowest BCUT2D eigenvalue weighted by Gasteiger charge is -2.07. The van der Waals surface area contributed by atoms with Crippen LogP contribution in [-0.2, 0) is 0 Å². The molecule has 0 atom stereocenters. The molecule has 1 amide bonds. The van der Waals surface area contributed by atoms with Crippen LogP contribution in [0, 0.1) is 5.82 Å². The smallest absolute Gasteiger partial charge is 0.259 e. The molecule has 3 N–H and O–H groups in total. The number of hydrogen-bond acceptors (Lipinski definition) is 3. The highest BCUT2D eigenvalue weighted by atomic mass is 35.5. The molecule has 1 heterocycles. The van der Waals surface area contributed by atoms with Crippen LogP contribution in [0.1, 0.15) is 10.4 Å². The number of halogens is 2. The van der Waals surface area contributed by atoms with Crippen LogP contribution in [0.4, 0.5) is 15.9 Å². The van der Waals surface area contributed by atoms with Gasteiger partial charge >= 0.3 is 0 Å². The zero-order chi connectivity index (χ0) is 13.1. The molecule has 6 heteroatoms. The second-order valence-electron chi connectivity index (χ2n) is 3.52. The van der Waals surface area contributed by atoms with Crippen molar-refractivity contribution in [1.29, 1.82) is 0 Å². The summed E-state index contributed by atoms with van der Waals surface area (Å²) in [5.41, 5.74) is 5.35. The second kappa shape index (κ2) is 5.01. The number of nitrogen functional groups attached to an aromatic ring is 1. The van der Waals surface area contributed by atoms with Gasteiger partial charge in [0.25, 0.3) is 5.91 Å². The molecule has 0 aliphatic heterocycles. The Bertz CT molecular complexity index is 586. The third-order valence-corrected chi connectivity index (χ3v) is 2.49. The maximum Gasteiger partial charge on any atom is 0.259 e. The number of amides is 1. The zero-order valence-corrected chi connectivity index (χ0v) is 9.91. The molecule has 0 bridgehead atoms. The average molecular weight is 266 g/mol. The summed E-state index contributed by atoms with van der Waals surface area (Å²) in [6, 6.07) is 7.15. The van der Waals surface area contributed by atoms with Gasteiger partial charge in [0.15, 0.2) is 0 Å². The number of aromatic nitrogens is 1. The number of benzene rings is 1. The second-order valence-corrected chi connectivity index (χ2v) is 3.95. The Balaban J connectivity index is 2.22. The summed E-state index contributed by atoms with van der Waals surface area (Å²) < 4.78 is 13.2. The molecule has 4 nitrogen and oxygen atoms in total.